The average molecular weight is 626 g/mol. The zero-order valence-corrected chi connectivity index (χ0v) is 27.9. The maximum atomic E-state index is 13.5. The summed E-state index contributed by atoms with van der Waals surface area (Å²) in [5.74, 6) is -0.184. The van der Waals surface area contributed by atoms with E-state index in [0.29, 0.717) is 24.5 Å². The van der Waals surface area contributed by atoms with Crippen molar-refractivity contribution in [2.45, 2.75) is 71.9 Å². The summed E-state index contributed by atoms with van der Waals surface area (Å²) in [6.45, 7) is 7.82. The van der Waals surface area contributed by atoms with E-state index in [0.717, 1.165) is 75.8 Å². The molecule has 0 aliphatic heterocycles. The Kier molecular flexibility index (Phi) is 17.2. The van der Waals surface area contributed by atoms with Crippen molar-refractivity contribution < 1.29 is 23.8 Å². The smallest absolute Gasteiger partial charge is 0.341 e. The molecule has 3 aromatic carbocycles. The summed E-state index contributed by atoms with van der Waals surface area (Å²) in [6.07, 6.45) is 14.0. The molecule has 0 aliphatic rings. The third kappa shape index (κ3) is 13.6. The lowest BCUT2D eigenvalue weighted by Gasteiger charge is -2.22. The Balaban J connectivity index is 1.49. The second-order valence-corrected chi connectivity index (χ2v) is 11.4. The van der Waals surface area contributed by atoms with Gasteiger partial charge in [0.25, 0.3) is 0 Å². The van der Waals surface area contributed by atoms with Crippen LogP contribution in [0, 0.1) is 0 Å². The Morgan fingerprint density at radius 1 is 0.783 bits per heavy atom. The van der Waals surface area contributed by atoms with Gasteiger partial charge in [-0.2, -0.15) is 0 Å². The van der Waals surface area contributed by atoms with E-state index in [4.69, 9.17) is 14.2 Å². The first-order chi connectivity index (χ1) is 22.5. The van der Waals surface area contributed by atoms with Gasteiger partial charge in [0.05, 0.1) is 13.7 Å². The SMILES string of the molecule is C/C=C\C(=C/C)CCCCOCCCCCCN(CC(=O)c1ccc(OCc2ccccc2)c(C(=O)OC)c1)Cc1ccccc1. The largest absolute Gasteiger partial charge is 0.488 e. The van der Waals surface area contributed by atoms with Gasteiger partial charge < -0.3 is 14.2 Å². The molecular formula is C40H51NO5. The number of unbranched alkanes of at least 4 members (excludes halogenated alkanes) is 4. The lowest BCUT2D eigenvalue weighted by atomic mass is 10.0. The molecule has 0 radical (unpaired) electrons. The monoisotopic (exact) mass is 625 g/mol. The molecule has 0 aliphatic carbocycles. The summed E-state index contributed by atoms with van der Waals surface area (Å²) in [5, 5.41) is 0. The molecule has 0 atom stereocenters. The first-order valence-electron chi connectivity index (χ1n) is 16.6. The normalized spacial score (nSPS) is 11.7. The Morgan fingerprint density at radius 3 is 2.13 bits per heavy atom. The van der Waals surface area contributed by atoms with E-state index >= 15 is 0 Å². The number of carbonyl (C=O) groups is 2. The average Bonchev–Trinajstić information content (AvgIpc) is 3.09. The standard InChI is InChI=1S/C40H51NO5/c1-4-18-33(5-2)19-14-17-28-45-27-16-7-6-15-26-41(30-34-20-10-8-11-21-34)31-38(42)36-24-25-39(37(29-36)40(43)44-3)46-32-35-22-12-9-13-23-35/h4-5,8-13,18,20-25,29H,6-7,14-17,19,26-28,30-32H2,1-3H3/b18-4-,33-5+. The van der Waals surface area contributed by atoms with Gasteiger partial charge in [-0.15, -0.1) is 0 Å². The number of methoxy groups -OCH3 is 1. The van der Waals surface area contributed by atoms with Crippen molar-refractivity contribution in [3.63, 3.8) is 0 Å². The van der Waals surface area contributed by atoms with Gasteiger partial charge >= 0.3 is 5.97 Å². The zero-order chi connectivity index (χ0) is 32.8. The molecule has 3 rings (SSSR count). The maximum Gasteiger partial charge on any atom is 0.341 e. The van der Waals surface area contributed by atoms with E-state index in [9.17, 15) is 9.59 Å². The van der Waals surface area contributed by atoms with Crippen molar-refractivity contribution in [1.29, 1.82) is 0 Å². The van der Waals surface area contributed by atoms with Gasteiger partial charge in [-0.25, -0.2) is 4.79 Å². The number of ketones is 1. The molecule has 0 saturated carbocycles. The fraction of sp³-hybridized carbons (Fsp3) is 0.400. The van der Waals surface area contributed by atoms with Crippen LogP contribution in [0.4, 0.5) is 0 Å². The van der Waals surface area contributed by atoms with Gasteiger partial charge in [0.15, 0.2) is 5.78 Å². The minimum Gasteiger partial charge on any atom is -0.488 e. The van der Waals surface area contributed by atoms with Gasteiger partial charge in [-0.1, -0.05) is 97.3 Å². The predicted octanol–water partition coefficient (Wildman–Crippen LogP) is 9.01. The van der Waals surface area contributed by atoms with Gasteiger partial charge in [0, 0.05) is 25.3 Å². The van der Waals surface area contributed by atoms with Crippen LogP contribution in [0.25, 0.3) is 0 Å². The van der Waals surface area contributed by atoms with Crippen molar-refractivity contribution in [2.75, 3.05) is 33.4 Å². The quantitative estimate of drug-likeness (QED) is 0.0481. The van der Waals surface area contributed by atoms with Crippen LogP contribution in [0.3, 0.4) is 0 Å². The molecular weight excluding hydrogens is 574 g/mol. The first-order valence-corrected chi connectivity index (χ1v) is 16.6. The van der Waals surface area contributed by atoms with E-state index < -0.39 is 5.97 Å². The summed E-state index contributed by atoms with van der Waals surface area (Å²) in [5.41, 5.74) is 4.25. The molecule has 6 nitrogen and oxygen atoms in total. The lowest BCUT2D eigenvalue weighted by molar-refractivity contribution is 0.0595. The Morgan fingerprint density at radius 2 is 1.46 bits per heavy atom. The molecule has 0 heterocycles. The van der Waals surface area contributed by atoms with Crippen molar-refractivity contribution in [2.24, 2.45) is 0 Å². The number of carbonyl (C=O) groups excluding carboxylic acids is 2. The topological polar surface area (TPSA) is 65.1 Å². The summed E-state index contributed by atoms with van der Waals surface area (Å²) in [7, 11) is 1.33. The molecule has 0 bridgehead atoms. The van der Waals surface area contributed by atoms with Gasteiger partial charge in [-0.3, -0.25) is 9.69 Å². The molecule has 0 amide bonds. The Hall–Kier alpha value is -4.00. The Labute approximate surface area is 276 Å². The van der Waals surface area contributed by atoms with Crippen LogP contribution < -0.4 is 4.74 Å². The highest BCUT2D eigenvalue weighted by Crippen LogP contribution is 2.23. The molecule has 0 unspecified atom stereocenters. The molecule has 46 heavy (non-hydrogen) atoms. The number of nitrogens with zero attached hydrogens (tertiary/aromatic N) is 1. The van der Waals surface area contributed by atoms with E-state index in [1.54, 1.807) is 18.2 Å². The minimum absolute atomic E-state index is 0.0450. The van der Waals surface area contributed by atoms with E-state index in [1.807, 2.05) is 48.5 Å². The fourth-order valence-electron chi connectivity index (χ4n) is 5.25. The number of hydrogen-bond donors (Lipinski definition) is 0. The number of hydrogen-bond acceptors (Lipinski definition) is 6. The zero-order valence-electron chi connectivity index (χ0n) is 27.9. The van der Waals surface area contributed by atoms with Gasteiger partial charge in [0.1, 0.15) is 17.9 Å². The molecule has 0 N–H and O–H groups in total. The maximum absolute atomic E-state index is 13.5. The highest BCUT2D eigenvalue weighted by Gasteiger charge is 2.19. The van der Waals surface area contributed by atoms with Gasteiger partial charge in [0.2, 0.25) is 0 Å². The van der Waals surface area contributed by atoms with Crippen molar-refractivity contribution in [3.05, 3.63) is 125 Å². The summed E-state index contributed by atoms with van der Waals surface area (Å²) in [6, 6.07) is 25.0. The summed E-state index contributed by atoms with van der Waals surface area (Å²) < 4.78 is 16.8. The molecule has 0 saturated heterocycles. The van der Waals surface area contributed by atoms with Crippen LogP contribution in [0.2, 0.25) is 0 Å². The number of esters is 1. The van der Waals surface area contributed by atoms with Crippen molar-refractivity contribution in [3.8, 4) is 5.75 Å². The molecule has 3 aromatic rings. The third-order valence-corrected chi connectivity index (χ3v) is 7.83. The van der Waals surface area contributed by atoms with Crippen LogP contribution in [-0.4, -0.2) is 50.1 Å². The van der Waals surface area contributed by atoms with Crippen LogP contribution in [0.1, 0.15) is 90.6 Å². The molecule has 6 heteroatoms. The van der Waals surface area contributed by atoms with Crippen molar-refractivity contribution >= 4 is 11.8 Å². The second-order valence-electron chi connectivity index (χ2n) is 11.4. The Bertz CT molecular complexity index is 1370. The predicted molar refractivity (Wildman–Crippen MR) is 186 cm³/mol. The number of ether oxygens (including phenoxy) is 3. The fourth-order valence-corrected chi connectivity index (χ4v) is 5.25. The lowest BCUT2D eigenvalue weighted by Crippen LogP contribution is -2.30. The first kappa shape index (κ1) is 36.5. The van der Waals surface area contributed by atoms with Crippen LogP contribution in [-0.2, 0) is 22.6 Å². The van der Waals surface area contributed by atoms with Crippen LogP contribution in [0.5, 0.6) is 5.75 Å². The second kappa shape index (κ2) is 21.7. The number of benzene rings is 3. The number of allylic oxidation sites excluding steroid dienone is 4. The van der Waals surface area contributed by atoms with Crippen LogP contribution in [0.15, 0.2) is 103 Å². The number of rotatable bonds is 22. The minimum atomic E-state index is -0.532. The summed E-state index contributed by atoms with van der Waals surface area (Å²) in [4.78, 5) is 28.3. The van der Waals surface area contributed by atoms with Crippen molar-refractivity contribution in [1.82, 2.24) is 4.90 Å². The molecule has 0 spiro atoms. The van der Waals surface area contributed by atoms with E-state index in [-0.39, 0.29) is 17.9 Å². The molecule has 0 fully saturated rings. The van der Waals surface area contributed by atoms with Gasteiger partial charge in [-0.05, 0) is 81.8 Å². The van der Waals surface area contributed by atoms with E-state index in [2.05, 4.69) is 49.1 Å². The van der Waals surface area contributed by atoms with E-state index in [1.165, 1.54) is 12.7 Å². The number of Topliss-reactive ketones (excluding diaryl/α,β-unsaturated/α-hetero) is 1. The summed E-state index contributed by atoms with van der Waals surface area (Å²) >= 11 is 0. The highest BCUT2D eigenvalue weighted by atomic mass is 16.5. The molecule has 246 valence electrons. The van der Waals surface area contributed by atoms with Crippen LogP contribution >= 0.6 is 0 Å². The molecule has 0 aromatic heterocycles. The third-order valence-electron chi connectivity index (χ3n) is 7.83. The highest BCUT2D eigenvalue weighted by molar-refractivity contribution is 6.01.